The van der Waals surface area contributed by atoms with Gasteiger partial charge in [-0.05, 0) is 55.2 Å². The first-order valence-corrected chi connectivity index (χ1v) is 15.3. The molecule has 0 saturated heterocycles. The number of carbonyl (C=O) groups is 2. The van der Waals surface area contributed by atoms with Crippen molar-refractivity contribution in [2.75, 3.05) is 39.6 Å². The maximum Gasteiger partial charge on any atom is 0.256 e. The van der Waals surface area contributed by atoms with E-state index in [9.17, 15) is 27.5 Å². The number of carbonyl (C=O) groups excluding carboxylic acids is 2. The van der Waals surface area contributed by atoms with Crippen LogP contribution in [0.25, 0.3) is 0 Å². The molecule has 0 fully saturated rings. The fourth-order valence-corrected chi connectivity index (χ4v) is 6.12. The topological polar surface area (TPSA) is 137 Å². The minimum atomic E-state index is -3.95. The SMILES string of the molecule is COc1ccc([C@@H](O)C(=O)N(CCCc2cccc(F)c2)Cc2nc(C(=O)CS(=O)(=O)N(C)CCO)c(C)s2)cc1. The molecule has 2 aromatic carbocycles. The van der Waals surface area contributed by atoms with Crippen molar-refractivity contribution in [1.29, 1.82) is 0 Å². The van der Waals surface area contributed by atoms with Crippen molar-refractivity contribution in [2.45, 2.75) is 32.4 Å². The van der Waals surface area contributed by atoms with E-state index in [4.69, 9.17) is 9.84 Å². The number of aliphatic hydroxyl groups is 2. The highest BCUT2D eigenvalue weighted by molar-refractivity contribution is 7.89. The van der Waals surface area contributed by atoms with E-state index in [1.807, 2.05) is 0 Å². The molecule has 0 saturated carbocycles. The first kappa shape index (κ1) is 32.3. The summed E-state index contributed by atoms with van der Waals surface area (Å²) in [6.45, 7) is 1.31. The molecule has 10 nitrogen and oxygen atoms in total. The third kappa shape index (κ3) is 8.88. The number of amides is 1. The van der Waals surface area contributed by atoms with Gasteiger partial charge in [-0.3, -0.25) is 9.59 Å². The second-order valence-electron chi connectivity index (χ2n) is 9.41. The van der Waals surface area contributed by atoms with Crippen LogP contribution in [0.15, 0.2) is 48.5 Å². The third-order valence-electron chi connectivity index (χ3n) is 6.39. The number of aryl methyl sites for hydroxylation is 2. The maximum absolute atomic E-state index is 13.6. The number of rotatable bonds is 15. The Bertz CT molecular complexity index is 1450. The van der Waals surface area contributed by atoms with Crippen LogP contribution in [0.1, 0.15) is 44.0 Å². The molecule has 2 N–H and O–H groups in total. The maximum atomic E-state index is 13.6. The molecule has 0 radical (unpaired) electrons. The van der Waals surface area contributed by atoms with E-state index in [-0.39, 0.29) is 37.8 Å². The monoisotopic (exact) mass is 607 g/mol. The number of hydrogen-bond acceptors (Lipinski definition) is 9. The molecule has 3 aromatic rings. The van der Waals surface area contributed by atoms with Gasteiger partial charge in [0.2, 0.25) is 10.0 Å². The molecule has 0 aliphatic heterocycles. The number of nitrogens with zero attached hydrogens (tertiary/aromatic N) is 3. The lowest BCUT2D eigenvalue weighted by atomic mass is 10.1. The normalized spacial score (nSPS) is 12.4. The van der Waals surface area contributed by atoms with Crippen LogP contribution >= 0.6 is 11.3 Å². The number of ketones is 1. The van der Waals surface area contributed by atoms with Gasteiger partial charge in [-0.25, -0.2) is 22.1 Å². The van der Waals surface area contributed by atoms with E-state index < -0.39 is 33.6 Å². The number of thiazole rings is 1. The number of aromatic nitrogens is 1. The van der Waals surface area contributed by atoms with Gasteiger partial charge in [-0.1, -0.05) is 24.3 Å². The molecule has 0 aliphatic rings. The number of aliphatic hydroxyl groups excluding tert-OH is 2. The number of likely N-dealkylation sites (N-methyl/N-ethyl adjacent to an activating group) is 1. The molecular formula is C28H34FN3O7S2. The molecule has 1 atom stereocenters. The molecule has 13 heteroatoms. The molecule has 41 heavy (non-hydrogen) atoms. The van der Waals surface area contributed by atoms with Gasteiger partial charge in [-0.2, -0.15) is 0 Å². The van der Waals surface area contributed by atoms with E-state index >= 15 is 0 Å². The Kier molecular flexibility index (Phi) is 11.5. The first-order chi connectivity index (χ1) is 19.4. The molecule has 1 aromatic heterocycles. The van der Waals surface area contributed by atoms with Gasteiger partial charge in [0.1, 0.15) is 28.0 Å². The van der Waals surface area contributed by atoms with Crippen LogP contribution in [0.4, 0.5) is 4.39 Å². The van der Waals surface area contributed by atoms with Crippen molar-refractivity contribution in [1.82, 2.24) is 14.2 Å². The largest absolute Gasteiger partial charge is 0.497 e. The number of Topliss-reactive ketones (excluding diaryl/α,β-unsaturated/α-hetero) is 1. The summed E-state index contributed by atoms with van der Waals surface area (Å²) in [6, 6.07) is 12.6. The van der Waals surface area contributed by atoms with Gasteiger partial charge in [-0.15, -0.1) is 11.3 Å². The van der Waals surface area contributed by atoms with Crippen molar-refractivity contribution in [3.05, 3.63) is 81.1 Å². The summed E-state index contributed by atoms with van der Waals surface area (Å²) < 4.78 is 44.6. The van der Waals surface area contributed by atoms with Crippen LogP contribution in [-0.4, -0.2) is 84.1 Å². The molecule has 0 unspecified atom stereocenters. The summed E-state index contributed by atoms with van der Waals surface area (Å²) in [4.78, 5) is 32.5. The van der Waals surface area contributed by atoms with Crippen LogP contribution < -0.4 is 4.74 Å². The lowest BCUT2D eigenvalue weighted by Crippen LogP contribution is -2.36. The predicted molar refractivity (Wildman–Crippen MR) is 153 cm³/mol. The Morgan fingerprint density at radius 3 is 2.49 bits per heavy atom. The van der Waals surface area contributed by atoms with Gasteiger partial charge >= 0.3 is 0 Å². The Hall–Kier alpha value is -3.23. The summed E-state index contributed by atoms with van der Waals surface area (Å²) in [5.41, 5.74) is 1.13. The first-order valence-electron chi connectivity index (χ1n) is 12.8. The highest BCUT2D eigenvalue weighted by Gasteiger charge is 2.28. The van der Waals surface area contributed by atoms with Crippen molar-refractivity contribution < 1.29 is 37.3 Å². The molecule has 222 valence electrons. The summed E-state index contributed by atoms with van der Waals surface area (Å²) >= 11 is 1.16. The van der Waals surface area contributed by atoms with E-state index in [1.165, 1.54) is 31.2 Å². The molecule has 3 rings (SSSR count). The predicted octanol–water partition coefficient (Wildman–Crippen LogP) is 2.73. The second kappa shape index (κ2) is 14.6. The van der Waals surface area contributed by atoms with Crippen LogP contribution in [0, 0.1) is 12.7 Å². The van der Waals surface area contributed by atoms with E-state index in [2.05, 4.69) is 4.98 Å². The van der Waals surface area contributed by atoms with Crippen molar-refractivity contribution in [3.8, 4) is 5.75 Å². The van der Waals surface area contributed by atoms with Crippen LogP contribution in [-0.2, 0) is 27.8 Å². The quantitative estimate of drug-likeness (QED) is 0.252. The van der Waals surface area contributed by atoms with Gasteiger partial charge < -0.3 is 19.8 Å². The number of benzene rings is 2. The lowest BCUT2D eigenvalue weighted by Gasteiger charge is -2.25. The van der Waals surface area contributed by atoms with Gasteiger partial charge in [0.15, 0.2) is 11.9 Å². The highest BCUT2D eigenvalue weighted by atomic mass is 32.2. The highest BCUT2D eigenvalue weighted by Crippen LogP contribution is 2.24. The summed E-state index contributed by atoms with van der Waals surface area (Å²) in [5.74, 6) is -1.87. The molecule has 1 amide bonds. The lowest BCUT2D eigenvalue weighted by molar-refractivity contribution is -0.141. The number of methoxy groups -OCH3 is 1. The molecule has 1 heterocycles. The summed E-state index contributed by atoms with van der Waals surface area (Å²) in [5, 5.41) is 20.3. The summed E-state index contributed by atoms with van der Waals surface area (Å²) in [6.07, 6.45) is -0.514. The van der Waals surface area contributed by atoms with Crippen LogP contribution in [0.5, 0.6) is 5.75 Å². The molecule has 0 spiro atoms. The number of hydrogen-bond donors (Lipinski definition) is 2. The smallest absolute Gasteiger partial charge is 0.256 e. The molecule has 0 aliphatic carbocycles. The standard InChI is InChI=1S/C28H34FN3O7S2/c1-19-26(24(34)18-41(37,38)31(2)14-15-33)30-25(40-19)17-32(13-5-7-20-6-4-8-22(29)16-20)28(36)27(35)21-9-11-23(39-3)12-10-21/h4,6,8-12,16,27,33,35H,5,7,13-15,17-18H2,1-3H3/t27-/m1/s1. The zero-order chi connectivity index (χ0) is 30.2. The fraction of sp³-hybridized carbons (Fsp3) is 0.393. The van der Waals surface area contributed by atoms with Gasteiger partial charge in [0, 0.05) is 25.0 Å². The van der Waals surface area contributed by atoms with E-state index in [1.54, 1.807) is 43.3 Å². The molecule has 0 bridgehead atoms. The average Bonchev–Trinajstić information content (AvgIpc) is 3.31. The molecular weight excluding hydrogens is 573 g/mol. The Morgan fingerprint density at radius 2 is 1.85 bits per heavy atom. The van der Waals surface area contributed by atoms with Gasteiger partial charge in [0.05, 0.1) is 20.3 Å². The Labute approximate surface area is 243 Å². The van der Waals surface area contributed by atoms with Crippen LogP contribution in [0.2, 0.25) is 0 Å². The minimum absolute atomic E-state index is 0.00571. The van der Waals surface area contributed by atoms with Crippen molar-refractivity contribution in [2.24, 2.45) is 0 Å². The zero-order valence-corrected chi connectivity index (χ0v) is 24.8. The van der Waals surface area contributed by atoms with Gasteiger partial charge in [0.25, 0.3) is 5.91 Å². The van der Waals surface area contributed by atoms with E-state index in [0.717, 1.165) is 21.2 Å². The summed E-state index contributed by atoms with van der Waals surface area (Å²) in [7, 11) is -1.16. The third-order valence-corrected chi connectivity index (χ3v) is 9.11. The zero-order valence-electron chi connectivity index (χ0n) is 23.1. The number of halogens is 1. The Morgan fingerprint density at radius 1 is 1.15 bits per heavy atom. The number of sulfonamides is 1. The number of ether oxygens (including phenoxy) is 1. The average molecular weight is 608 g/mol. The van der Waals surface area contributed by atoms with Crippen molar-refractivity contribution >= 4 is 33.1 Å². The van der Waals surface area contributed by atoms with Crippen LogP contribution in [0.3, 0.4) is 0 Å². The van der Waals surface area contributed by atoms with E-state index in [0.29, 0.717) is 34.0 Å². The van der Waals surface area contributed by atoms with Crippen molar-refractivity contribution in [3.63, 3.8) is 0 Å². The Balaban J connectivity index is 1.80. The fourth-order valence-electron chi connectivity index (χ4n) is 4.10. The second-order valence-corrected chi connectivity index (χ2v) is 12.8. The minimum Gasteiger partial charge on any atom is -0.497 e.